The summed E-state index contributed by atoms with van der Waals surface area (Å²) in [6.45, 7) is 1.92. The van der Waals surface area contributed by atoms with Gasteiger partial charge in [0, 0.05) is 6.04 Å². The van der Waals surface area contributed by atoms with Gasteiger partial charge >= 0.3 is 11.1 Å². The first-order chi connectivity index (χ1) is 8.58. The van der Waals surface area contributed by atoms with Crippen LogP contribution in [0.5, 0.6) is 0 Å². The molecule has 1 fully saturated rings. The minimum Gasteiger partial charge on any atom is -0.313 e. The quantitative estimate of drug-likeness (QED) is 0.652. The van der Waals surface area contributed by atoms with Crippen LogP contribution in [0.4, 0.5) is 0 Å². The highest BCUT2D eigenvalue weighted by Crippen LogP contribution is 2.39. The summed E-state index contributed by atoms with van der Waals surface area (Å²) in [6, 6.07) is -0.0479. The van der Waals surface area contributed by atoms with E-state index in [0.717, 1.165) is 12.8 Å². The van der Waals surface area contributed by atoms with Crippen LogP contribution >= 0.6 is 11.6 Å². The molecule has 0 aromatic carbocycles. The van der Waals surface area contributed by atoms with E-state index >= 15 is 0 Å². The normalized spacial score (nSPS) is 17.0. The number of aromatic amines is 1. The molecule has 1 aliphatic rings. The Morgan fingerprint density at radius 1 is 1.50 bits per heavy atom. The molecule has 6 nitrogen and oxygen atoms in total. The maximum atomic E-state index is 12.0. The van der Waals surface area contributed by atoms with Crippen LogP contribution in [0.25, 0.3) is 11.2 Å². The van der Waals surface area contributed by atoms with Gasteiger partial charge in [0.25, 0.3) is 0 Å². The summed E-state index contributed by atoms with van der Waals surface area (Å²) >= 11 is 5.75. The second kappa shape index (κ2) is 3.91. The Morgan fingerprint density at radius 2 is 2.22 bits per heavy atom. The highest BCUT2D eigenvalue weighted by molar-refractivity contribution is 6.28. The standard InChI is InChI=1S/C11H11ClN4O2/c1-5(6-2-3-6)16-8-7(4-13-11(12)15-8)14-9(17)10(16)18/h4-6H,2-3H2,1H3,(H,14,17)/t5-/m0/s1. The summed E-state index contributed by atoms with van der Waals surface area (Å²) in [5, 5.41) is 0.0608. The van der Waals surface area contributed by atoms with Crippen molar-refractivity contribution in [2.75, 3.05) is 0 Å². The van der Waals surface area contributed by atoms with Crippen LogP contribution in [0.3, 0.4) is 0 Å². The van der Waals surface area contributed by atoms with Gasteiger partial charge < -0.3 is 4.98 Å². The zero-order chi connectivity index (χ0) is 12.9. The Balaban J connectivity index is 2.38. The first kappa shape index (κ1) is 11.4. The molecule has 0 radical (unpaired) electrons. The second-order valence-electron chi connectivity index (χ2n) is 4.58. The van der Waals surface area contributed by atoms with Crippen LogP contribution in [0.1, 0.15) is 25.8 Å². The molecule has 0 aliphatic heterocycles. The van der Waals surface area contributed by atoms with Crippen molar-refractivity contribution in [1.29, 1.82) is 0 Å². The van der Waals surface area contributed by atoms with E-state index in [-0.39, 0.29) is 11.3 Å². The lowest BCUT2D eigenvalue weighted by molar-refractivity contribution is 0.479. The SMILES string of the molecule is C[C@@H](C1CC1)n1c(=O)c(=O)[nH]c2cnc(Cl)nc21. The van der Waals surface area contributed by atoms with E-state index in [1.165, 1.54) is 10.8 Å². The van der Waals surface area contributed by atoms with Crippen molar-refractivity contribution in [2.24, 2.45) is 5.92 Å². The van der Waals surface area contributed by atoms with Gasteiger partial charge in [-0.3, -0.25) is 14.2 Å². The average molecular weight is 267 g/mol. The van der Waals surface area contributed by atoms with Gasteiger partial charge in [-0.05, 0) is 37.3 Å². The lowest BCUT2D eigenvalue weighted by Gasteiger charge is -2.15. The van der Waals surface area contributed by atoms with Crippen LogP contribution in [-0.4, -0.2) is 19.5 Å². The van der Waals surface area contributed by atoms with Gasteiger partial charge in [0.1, 0.15) is 5.52 Å². The Bertz CT molecular complexity index is 732. The molecule has 0 saturated heterocycles. The van der Waals surface area contributed by atoms with Crippen molar-refractivity contribution in [2.45, 2.75) is 25.8 Å². The van der Waals surface area contributed by atoms with Crippen LogP contribution in [-0.2, 0) is 0 Å². The summed E-state index contributed by atoms with van der Waals surface area (Å²) in [5.41, 5.74) is -0.423. The average Bonchev–Trinajstić information content (AvgIpc) is 3.15. The monoisotopic (exact) mass is 266 g/mol. The van der Waals surface area contributed by atoms with Crippen molar-refractivity contribution in [3.63, 3.8) is 0 Å². The third-order valence-corrected chi connectivity index (χ3v) is 3.52. The third-order valence-electron chi connectivity index (χ3n) is 3.34. The van der Waals surface area contributed by atoms with Crippen molar-refractivity contribution < 1.29 is 0 Å². The highest BCUT2D eigenvalue weighted by atomic mass is 35.5. The maximum absolute atomic E-state index is 12.0. The zero-order valence-corrected chi connectivity index (χ0v) is 10.4. The molecule has 1 N–H and O–H groups in total. The first-order valence-electron chi connectivity index (χ1n) is 5.75. The van der Waals surface area contributed by atoms with E-state index in [0.29, 0.717) is 17.1 Å². The predicted molar refractivity (Wildman–Crippen MR) is 66.9 cm³/mol. The Kier molecular flexibility index (Phi) is 2.48. The summed E-state index contributed by atoms with van der Waals surface area (Å²) in [7, 11) is 0. The fourth-order valence-corrected chi connectivity index (χ4v) is 2.30. The lowest BCUT2D eigenvalue weighted by atomic mass is 10.2. The molecule has 18 heavy (non-hydrogen) atoms. The molecule has 0 amide bonds. The number of fused-ring (bicyclic) bond motifs is 1. The minimum absolute atomic E-state index is 0.0479. The van der Waals surface area contributed by atoms with Crippen LogP contribution in [0.2, 0.25) is 5.28 Å². The smallest absolute Gasteiger partial charge is 0.313 e. The zero-order valence-electron chi connectivity index (χ0n) is 9.68. The van der Waals surface area contributed by atoms with Crippen LogP contribution < -0.4 is 11.1 Å². The predicted octanol–water partition coefficient (Wildman–Crippen LogP) is 1.10. The Hall–Kier alpha value is -1.69. The summed E-state index contributed by atoms with van der Waals surface area (Å²) in [5.74, 6) is 0.432. The Labute approximate surface area is 107 Å². The van der Waals surface area contributed by atoms with Crippen LogP contribution in [0.15, 0.2) is 15.8 Å². The Morgan fingerprint density at radius 3 is 2.89 bits per heavy atom. The fraction of sp³-hybridized carbons (Fsp3) is 0.455. The summed E-state index contributed by atoms with van der Waals surface area (Å²) < 4.78 is 1.43. The van der Waals surface area contributed by atoms with Gasteiger partial charge in [0.2, 0.25) is 5.28 Å². The third kappa shape index (κ3) is 1.73. The van der Waals surface area contributed by atoms with Crippen molar-refractivity contribution in [3.05, 3.63) is 32.2 Å². The molecule has 94 valence electrons. The minimum atomic E-state index is -0.652. The van der Waals surface area contributed by atoms with Gasteiger partial charge in [-0.1, -0.05) is 0 Å². The van der Waals surface area contributed by atoms with Crippen LogP contribution in [0, 0.1) is 5.92 Å². The molecule has 3 rings (SSSR count). The fourth-order valence-electron chi connectivity index (χ4n) is 2.17. The van der Waals surface area contributed by atoms with Crippen molar-refractivity contribution >= 4 is 22.8 Å². The molecule has 0 bridgehead atoms. The van der Waals surface area contributed by atoms with Gasteiger partial charge in [-0.2, -0.15) is 4.98 Å². The second-order valence-corrected chi connectivity index (χ2v) is 4.92. The van der Waals surface area contributed by atoms with Gasteiger partial charge in [0.05, 0.1) is 6.20 Å². The molecule has 1 atom stereocenters. The number of aromatic nitrogens is 4. The van der Waals surface area contributed by atoms with E-state index in [1.54, 1.807) is 0 Å². The molecular formula is C11H11ClN4O2. The van der Waals surface area contributed by atoms with Gasteiger partial charge in [0.15, 0.2) is 5.65 Å². The van der Waals surface area contributed by atoms with E-state index in [4.69, 9.17) is 11.6 Å². The van der Waals surface area contributed by atoms with Gasteiger partial charge in [-0.15, -0.1) is 0 Å². The van der Waals surface area contributed by atoms with Crippen molar-refractivity contribution in [1.82, 2.24) is 19.5 Å². The number of hydrogen-bond acceptors (Lipinski definition) is 4. The van der Waals surface area contributed by atoms with Gasteiger partial charge in [-0.25, -0.2) is 4.98 Å². The molecule has 2 aromatic heterocycles. The molecule has 1 aliphatic carbocycles. The number of H-pyrrole nitrogens is 1. The summed E-state index contributed by atoms with van der Waals surface area (Å²) in [4.78, 5) is 33.9. The van der Waals surface area contributed by atoms with E-state index < -0.39 is 11.1 Å². The number of hydrogen-bond donors (Lipinski definition) is 1. The highest BCUT2D eigenvalue weighted by Gasteiger charge is 2.31. The number of halogens is 1. The molecule has 2 aromatic rings. The topological polar surface area (TPSA) is 80.6 Å². The van der Waals surface area contributed by atoms with E-state index in [1.807, 2.05) is 6.92 Å². The molecule has 1 saturated carbocycles. The van der Waals surface area contributed by atoms with E-state index in [2.05, 4.69) is 15.0 Å². The number of nitrogens with zero attached hydrogens (tertiary/aromatic N) is 3. The van der Waals surface area contributed by atoms with Crippen molar-refractivity contribution in [3.8, 4) is 0 Å². The number of nitrogens with one attached hydrogen (secondary N) is 1. The summed E-state index contributed by atoms with van der Waals surface area (Å²) in [6.07, 6.45) is 3.56. The maximum Gasteiger partial charge on any atom is 0.318 e. The first-order valence-corrected chi connectivity index (χ1v) is 6.13. The molecular weight excluding hydrogens is 256 g/mol. The molecule has 2 heterocycles. The molecule has 0 spiro atoms. The lowest BCUT2D eigenvalue weighted by Crippen LogP contribution is -2.38. The molecule has 7 heteroatoms. The number of rotatable bonds is 2. The van der Waals surface area contributed by atoms with E-state index in [9.17, 15) is 9.59 Å². The largest absolute Gasteiger partial charge is 0.318 e. The molecule has 0 unspecified atom stereocenters.